The summed E-state index contributed by atoms with van der Waals surface area (Å²) in [7, 11) is -2.49. The molecule has 0 aliphatic carbocycles. The summed E-state index contributed by atoms with van der Waals surface area (Å²) in [5, 5.41) is 2.73. The highest BCUT2D eigenvalue weighted by Crippen LogP contribution is 2.33. The number of hydrogen-bond donors (Lipinski definition) is 1. The molecule has 9 heteroatoms. The van der Waals surface area contributed by atoms with Gasteiger partial charge in [-0.25, -0.2) is 8.42 Å². The third-order valence-electron chi connectivity index (χ3n) is 4.05. The van der Waals surface area contributed by atoms with E-state index in [0.29, 0.717) is 30.4 Å². The number of carbonyl (C=O) groups is 1. The summed E-state index contributed by atoms with van der Waals surface area (Å²) in [6.45, 7) is 2.33. The van der Waals surface area contributed by atoms with Crippen molar-refractivity contribution in [3.05, 3.63) is 46.4 Å². The zero-order valence-corrected chi connectivity index (χ0v) is 17.3. The number of halogens is 1. The van der Waals surface area contributed by atoms with Gasteiger partial charge in [-0.2, -0.15) is 4.31 Å². The largest absolute Gasteiger partial charge is 0.486 e. The molecule has 1 aliphatic heterocycles. The molecular formula is C18H19BrN2O5S. The molecule has 0 spiro atoms. The maximum absolute atomic E-state index is 12.8. The minimum Gasteiger partial charge on any atom is -0.486 e. The number of nitrogens with zero attached hydrogens (tertiary/aromatic N) is 1. The molecule has 0 aromatic heterocycles. The Bertz CT molecular complexity index is 978. The number of aryl methyl sites for hydroxylation is 1. The first kappa shape index (κ1) is 19.7. The van der Waals surface area contributed by atoms with Gasteiger partial charge in [-0.05, 0) is 42.8 Å². The minimum atomic E-state index is -3.85. The average Bonchev–Trinajstić information content (AvgIpc) is 2.63. The molecule has 1 amide bonds. The summed E-state index contributed by atoms with van der Waals surface area (Å²) in [6.07, 6.45) is 0. The number of rotatable bonds is 5. The first-order chi connectivity index (χ1) is 12.8. The molecule has 0 radical (unpaired) electrons. The van der Waals surface area contributed by atoms with Crippen LogP contribution in [0.3, 0.4) is 0 Å². The molecule has 27 heavy (non-hydrogen) atoms. The van der Waals surface area contributed by atoms with E-state index in [-0.39, 0.29) is 11.4 Å². The molecule has 0 saturated carbocycles. The van der Waals surface area contributed by atoms with Crippen molar-refractivity contribution in [2.45, 2.75) is 11.8 Å². The predicted molar refractivity (Wildman–Crippen MR) is 105 cm³/mol. The highest BCUT2D eigenvalue weighted by molar-refractivity contribution is 9.10. The van der Waals surface area contributed by atoms with Crippen LogP contribution in [0.4, 0.5) is 5.69 Å². The molecule has 2 aromatic carbocycles. The third kappa shape index (κ3) is 4.42. The minimum absolute atomic E-state index is 0.0434. The topological polar surface area (TPSA) is 84.9 Å². The van der Waals surface area contributed by atoms with E-state index in [0.717, 1.165) is 14.3 Å². The van der Waals surface area contributed by atoms with Crippen molar-refractivity contribution in [1.29, 1.82) is 0 Å². The monoisotopic (exact) mass is 454 g/mol. The fourth-order valence-electron chi connectivity index (χ4n) is 2.61. The summed E-state index contributed by atoms with van der Waals surface area (Å²) in [4.78, 5) is 12.3. The zero-order chi connectivity index (χ0) is 19.6. The standard InChI is InChI=1S/C18H19BrN2O5S/c1-12-9-13(19)3-5-15(12)20-18(22)11-21(2)27(23,24)14-4-6-16-17(10-14)26-8-7-25-16/h3-6,9-10H,7-8,11H2,1-2H3,(H,20,22). The molecule has 0 atom stereocenters. The van der Waals surface area contributed by atoms with Gasteiger partial charge in [0.15, 0.2) is 11.5 Å². The van der Waals surface area contributed by atoms with Crippen molar-refractivity contribution in [3.8, 4) is 11.5 Å². The number of hydrogen-bond acceptors (Lipinski definition) is 5. The number of benzene rings is 2. The number of ether oxygens (including phenoxy) is 2. The van der Waals surface area contributed by atoms with Crippen LogP contribution in [0.5, 0.6) is 11.5 Å². The van der Waals surface area contributed by atoms with Gasteiger partial charge < -0.3 is 14.8 Å². The number of carbonyl (C=O) groups excluding carboxylic acids is 1. The number of likely N-dealkylation sites (N-methyl/N-ethyl adjacent to an activating group) is 1. The second-order valence-electron chi connectivity index (χ2n) is 6.07. The van der Waals surface area contributed by atoms with Crippen molar-refractivity contribution in [2.75, 3.05) is 32.1 Å². The van der Waals surface area contributed by atoms with E-state index in [4.69, 9.17) is 9.47 Å². The Labute approximate surface area is 166 Å². The van der Waals surface area contributed by atoms with E-state index in [1.54, 1.807) is 18.2 Å². The first-order valence-electron chi connectivity index (χ1n) is 8.19. The van der Waals surface area contributed by atoms with E-state index in [1.165, 1.54) is 19.2 Å². The molecule has 0 saturated heterocycles. The first-order valence-corrected chi connectivity index (χ1v) is 10.4. The lowest BCUT2D eigenvalue weighted by Gasteiger charge is -2.21. The summed E-state index contributed by atoms with van der Waals surface area (Å²) < 4.78 is 38.3. The number of nitrogens with one attached hydrogen (secondary N) is 1. The highest BCUT2D eigenvalue weighted by atomic mass is 79.9. The van der Waals surface area contributed by atoms with Gasteiger partial charge in [-0.15, -0.1) is 0 Å². The number of fused-ring (bicyclic) bond motifs is 1. The van der Waals surface area contributed by atoms with Gasteiger partial charge in [0.1, 0.15) is 13.2 Å². The lowest BCUT2D eigenvalue weighted by molar-refractivity contribution is -0.116. The van der Waals surface area contributed by atoms with E-state index >= 15 is 0 Å². The number of anilines is 1. The van der Waals surface area contributed by atoms with Gasteiger partial charge in [0.05, 0.1) is 11.4 Å². The summed E-state index contributed by atoms with van der Waals surface area (Å²) in [6, 6.07) is 9.84. The maximum atomic E-state index is 12.8. The van der Waals surface area contributed by atoms with Crippen molar-refractivity contribution in [1.82, 2.24) is 4.31 Å². The van der Waals surface area contributed by atoms with Gasteiger partial charge in [-0.1, -0.05) is 15.9 Å². The van der Waals surface area contributed by atoms with E-state index in [9.17, 15) is 13.2 Å². The summed E-state index contributed by atoms with van der Waals surface area (Å²) >= 11 is 3.36. The fraction of sp³-hybridized carbons (Fsp3) is 0.278. The smallest absolute Gasteiger partial charge is 0.243 e. The third-order valence-corrected chi connectivity index (χ3v) is 6.34. The van der Waals surface area contributed by atoms with E-state index in [2.05, 4.69) is 21.2 Å². The van der Waals surface area contributed by atoms with Crippen LogP contribution in [-0.4, -0.2) is 45.4 Å². The van der Waals surface area contributed by atoms with E-state index in [1.807, 2.05) is 13.0 Å². The lowest BCUT2D eigenvalue weighted by Crippen LogP contribution is -2.35. The summed E-state index contributed by atoms with van der Waals surface area (Å²) in [5.74, 6) is 0.459. The van der Waals surface area contributed by atoms with Gasteiger partial charge >= 0.3 is 0 Å². The fourth-order valence-corrected chi connectivity index (χ4v) is 4.23. The Kier molecular flexibility index (Phi) is 5.73. The number of sulfonamides is 1. The van der Waals surface area contributed by atoms with E-state index < -0.39 is 15.9 Å². The molecule has 1 N–H and O–H groups in total. The highest BCUT2D eigenvalue weighted by Gasteiger charge is 2.25. The average molecular weight is 455 g/mol. The van der Waals surface area contributed by atoms with Crippen LogP contribution in [0, 0.1) is 6.92 Å². The van der Waals surface area contributed by atoms with Crippen molar-refractivity contribution in [2.24, 2.45) is 0 Å². The predicted octanol–water partition coefficient (Wildman–Crippen LogP) is 2.79. The normalized spacial score (nSPS) is 13.5. The molecular weight excluding hydrogens is 436 g/mol. The van der Waals surface area contributed by atoms with Gasteiger partial charge in [0, 0.05) is 23.3 Å². The van der Waals surface area contributed by atoms with Crippen molar-refractivity contribution in [3.63, 3.8) is 0 Å². The molecule has 2 aromatic rings. The van der Waals surface area contributed by atoms with Crippen LogP contribution in [0.15, 0.2) is 45.8 Å². The van der Waals surface area contributed by atoms with Crippen LogP contribution < -0.4 is 14.8 Å². The Balaban J connectivity index is 1.72. The number of amides is 1. The van der Waals surface area contributed by atoms with Crippen molar-refractivity contribution >= 4 is 37.5 Å². The lowest BCUT2D eigenvalue weighted by atomic mass is 10.2. The SMILES string of the molecule is Cc1cc(Br)ccc1NC(=O)CN(C)S(=O)(=O)c1ccc2c(c1)OCCO2. The Morgan fingerprint density at radius 1 is 1.15 bits per heavy atom. The second-order valence-corrected chi connectivity index (χ2v) is 9.03. The van der Waals surface area contributed by atoms with Gasteiger partial charge in [-0.3, -0.25) is 4.79 Å². The Hall–Kier alpha value is -2.10. The van der Waals surface area contributed by atoms with Crippen LogP contribution in [-0.2, 0) is 14.8 Å². The van der Waals surface area contributed by atoms with Gasteiger partial charge in [0.2, 0.25) is 15.9 Å². The van der Waals surface area contributed by atoms with Crippen LogP contribution in [0.2, 0.25) is 0 Å². The van der Waals surface area contributed by atoms with Crippen LogP contribution in [0.25, 0.3) is 0 Å². The zero-order valence-electron chi connectivity index (χ0n) is 14.9. The van der Waals surface area contributed by atoms with Crippen LogP contribution >= 0.6 is 15.9 Å². The molecule has 0 unspecified atom stereocenters. The summed E-state index contributed by atoms with van der Waals surface area (Å²) in [5.41, 5.74) is 1.50. The molecule has 3 rings (SSSR count). The second kappa shape index (κ2) is 7.87. The molecule has 1 aliphatic rings. The Morgan fingerprint density at radius 2 is 1.85 bits per heavy atom. The molecule has 1 heterocycles. The van der Waals surface area contributed by atoms with Crippen LogP contribution in [0.1, 0.15) is 5.56 Å². The molecule has 0 bridgehead atoms. The quantitative estimate of drug-likeness (QED) is 0.750. The molecule has 7 nitrogen and oxygen atoms in total. The maximum Gasteiger partial charge on any atom is 0.243 e. The molecule has 144 valence electrons. The van der Waals surface area contributed by atoms with Gasteiger partial charge in [0.25, 0.3) is 0 Å². The Morgan fingerprint density at radius 3 is 2.56 bits per heavy atom. The molecule has 0 fully saturated rings. The van der Waals surface area contributed by atoms with Crippen molar-refractivity contribution < 1.29 is 22.7 Å².